The number of hydrogen-bond donors (Lipinski definition) is 6. The molecule has 6 aliphatic rings. The number of aryl methyl sites for hydroxylation is 2. The number of benzene rings is 3. The van der Waals surface area contributed by atoms with Gasteiger partial charge in [0.2, 0.25) is 29.5 Å². The minimum atomic E-state index is -1.00. The van der Waals surface area contributed by atoms with Crippen molar-refractivity contribution in [1.82, 2.24) is 39.9 Å². The molecule has 24 nitrogen and oxygen atoms in total. The first-order valence-corrected chi connectivity index (χ1v) is 37.5. The number of nitrogens with one attached hydrogen (secondary N) is 5. The molecular weight excluding hydrogens is 1330 g/mol. The van der Waals surface area contributed by atoms with E-state index < -0.39 is 66.6 Å². The Morgan fingerprint density at radius 3 is 1.53 bits per heavy atom. The van der Waals surface area contributed by atoms with Crippen LogP contribution in [0.15, 0.2) is 83.5 Å². The quantitative estimate of drug-likeness (QED) is 0.0165. The molecule has 6 N–H and O–H groups in total. The van der Waals surface area contributed by atoms with Crippen LogP contribution in [0.1, 0.15) is 240 Å². The van der Waals surface area contributed by atoms with Crippen molar-refractivity contribution >= 4 is 87.7 Å². The van der Waals surface area contributed by atoms with Crippen molar-refractivity contribution in [1.29, 1.82) is 0 Å². The number of halogens is 1. The van der Waals surface area contributed by atoms with Crippen LogP contribution in [0.25, 0.3) is 28.0 Å². The lowest BCUT2D eigenvalue weighted by molar-refractivity contribution is -0.138. The van der Waals surface area contributed by atoms with Crippen molar-refractivity contribution in [3.63, 3.8) is 0 Å². The fraction of sp³-hybridized carbons (Fsp3) is 0.519. The monoisotopic (exact) mass is 1430 g/mol. The number of imide groups is 4. The molecular formula is C79H101FN12O12. The molecule has 8 heterocycles. The minimum Gasteiger partial charge on any atom is -0.481 e. The van der Waals surface area contributed by atoms with Gasteiger partial charge in [-0.15, -0.1) is 0 Å². The molecule has 6 aromatic rings. The van der Waals surface area contributed by atoms with Gasteiger partial charge in [0.1, 0.15) is 35.0 Å². The van der Waals surface area contributed by atoms with Crippen LogP contribution in [0.3, 0.4) is 0 Å². The van der Waals surface area contributed by atoms with Crippen LogP contribution in [-0.2, 0) is 28.8 Å². The summed E-state index contributed by atoms with van der Waals surface area (Å²) >= 11 is 0. The highest BCUT2D eigenvalue weighted by Gasteiger charge is 2.46. The zero-order valence-corrected chi connectivity index (χ0v) is 60.1. The first kappa shape index (κ1) is 75.4. The predicted molar refractivity (Wildman–Crippen MR) is 395 cm³/mol. The van der Waals surface area contributed by atoms with E-state index in [0.717, 1.165) is 202 Å². The van der Waals surface area contributed by atoms with E-state index >= 15 is 0 Å². The molecule has 1 aliphatic carbocycles. The van der Waals surface area contributed by atoms with E-state index in [9.17, 15) is 52.3 Å². The van der Waals surface area contributed by atoms with Gasteiger partial charge in [-0.2, -0.15) is 0 Å². The number of carboxylic acid groups (broad SMARTS) is 1. The maximum Gasteiger partial charge on any atom is 0.303 e. The number of carbonyl (C=O) groups is 10. The van der Waals surface area contributed by atoms with Crippen LogP contribution in [0.4, 0.5) is 27.3 Å². The van der Waals surface area contributed by atoms with Crippen molar-refractivity contribution in [2.45, 2.75) is 218 Å². The Morgan fingerprint density at radius 1 is 0.577 bits per heavy atom. The van der Waals surface area contributed by atoms with Crippen molar-refractivity contribution in [3.8, 4) is 22.4 Å². The number of fused-ring (bicyclic) bond motifs is 3. The Labute approximate surface area is 608 Å². The smallest absolute Gasteiger partial charge is 0.303 e. The summed E-state index contributed by atoms with van der Waals surface area (Å²) in [5, 5.41) is 27.8. The highest BCUT2D eigenvalue weighted by molar-refractivity contribution is 6.25. The number of unbranched alkanes of at least 4 members (excludes halogenated alkanes) is 16. The molecule has 2 unspecified atom stereocenters. The molecule has 5 aliphatic heterocycles. The van der Waals surface area contributed by atoms with Crippen molar-refractivity contribution in [2.75, 3.05) is 67.3 Å². The van der Waals surface area contributed by atoms with Gasteiger partial charge in [-0.25, -0.2) is 4.98 Å². The molecule has 556 valence electrons. The summed E-state index contributed by atoms with van der Waals surface area (Å²) in [5.41, 5.74) is 9.71. The number of aromatic nitrogens is 3. The van der Waals surface area contributed by atoms with Gasteiger partial charge in [0.15, 0.2) is 0 Å². The number of piperazine rings is 1. The number of carboxylic acids is 1. The van der Waals surface area contributed by atoms with Gasteiger partial charge in [0, 0.05) is 111 Å². The number of imidazole rings is 1. The average molecular weight is 1430 g/mol. The Morgan fingerprint density at radius 2 is 1.05 bits per heavy atom. The molecule has 3 aromatic carbocycles. The van der Waals surface area contributed by atoms with Crippen molar-refractivity contribution in [3.05, 3.63) is 113 Å². The summed E-state index contributed by atoms with van der Waals surface area (Å²) < 4.78 is 23.2. The summed E-state index contributed by atoms with van der Waals surface area (Å²) in [7, 11) is -1.00. The lowest BCUT2D eigenvalue weighted by atomic mass is 9.95. The Balaban J connectivity index is 0.000000267. The third-order valence-corrected chi connectivity index (χ3v) is 20.7. The van der Waals surface area contributed by atoms with Gasteiger partial charge < -0.3 is 35.4 Å². The van der Waals surface area contributed by atoms with Gasteiger partial charge in [0.25, 0.3) is 23.6 Å². The number of aliphatic carboxylic acids is 1. The van der Waals surface area contributed by atoms with Crippen LogP contribution < -0.4 is 31.5 Å². The fourth-order valence-corrected chi connectivity index (χ4v) is 15.0. The largest absolute Gasteiger partial charge is 0.481 e. The number of rotatable bonds is 33. The Bertz CT molecular complexity index is 4050. The molecule has 12 rings (SSSR count). The van der Waals surface area contributed by atoms with Crippen LogP contribution >= 0.6 is 0 Å². The van der Waals surface area contributed by atoms with Gasteiger partial charge in [-0.1, -0.05) is 126 Å². The standard InChI is InChI=1S/C53H65N9O6.C25H33N3O6.CH3F/c1-35-48(36(2)68-58-35)38-20-26-45-56-49(50(61(45)34-38)55-39-15-11-10-12-16-39)37-18-22-41(23-19-37)59-29-31-60(32-30-59)47(64)17-13-8-6-4-3-5-7-9-14-28-54-40-21-24-42-43(33-40)53(67)62(52(42)66)44-25-27-46(63)57-51(44)65;29-21-14-13-20(23(32)27-21)28-24(33)18-12-11-17(16-19(18)25(28)34)26-15-9-7-5-3-1-2-4-6-8-10-22(30)31;1-2/h18-24,26,33-34,39,44,54-55H,3-17,25,27-32H2,1-2H3,(H,57,63,65);11-12,16,20,26H,1-10,13-15H2,(H,30,31)(H,27,29,32);1H3/i;;1D. The third-order valence-electron chi connectivity index (χ3n) is 20.7. The molecule has 0 bridgehead atoms. The second-order valence-corrected chi connectivity index (χ2v) is 28.1. The molecule has 4 fully saturated rings. The fourth-order valence-electron chi connectivity index (χ4n) is 15.0. The number of amides is 9. The topological polar surface area (TPSA) is 307 Å². The third kappa shape index (κ3) is 19.5. The highest BCUT2D eigenvalue weighted by Crippen LogP contribution is 2.37. The van der Waals surface area contributed by atoms with Crippen molar-refractivity contribution in [2.24, 2.45) is 0 Å². The molecule has 0 radical (unpaired) electrons. The molecule has 2 atom stereocenters. The number of nitrogens with zero attached hydrogens (tertiary/aromatic N) is 7. The van der Waals surface area contributed by atoms with E-state index in [-0.39, 0.29) is 66.2 Å². The van der Waals surface area contributed by atoms with Crippen LogP contribution in [0.5, 0.6) is 0 Å². The zero-order chi connectivity index (χ0) is 74.4. The van der Waals surface area contributed by atoms with Crippen LogP contribution in [0.2, 0.25) is 0 Å². The number of alkyl halides is 1. The van der Waals surface area contributed by atoms with E-state index in [1.54, 1.807) is 36.4 Å². The van der Waals surface area contributed by atoms with E-state index in [1.807, 2.05) is 18.7 Å². The summed E-state index contributed by atoms with van der Waals surface area (Å²) in [5.74, 6) is -2.60. The van der Waals surface area contributed by atoms with E-state index in [2.05, 4.69) is 83.6 Å². The number of pyridine rings is 1. The average Bonchev–Trinajstić information content (AvgIpc) is 1.69. The molecule has 3 aromatic heterocycles. The summed E-state index contributed by atoms with van der Waals surface area (Å²) in [4.78, 5) is 134. The molecule has 25 heteroatoms. The first-order valence-electron chi connectivity index (χ1n) is 38.2. The Kier molecular flexibility index (Phi) is 27.2. The molecule has 1 saturated carbocycles. The predicted octanol–water partition coefficient (Wildman–Crippen LogP) is 13.2. The maximum absolute atomic E-state index is 13.2. The summed E-state index contributed by atoms with van der Waals surface area (Å²) in [6.45, 7) is 8.57. The van der Waals surface area contributed by atoms with Gasteiger partial charge in [-0.05, 0) is 126 Å². The second-order valence-electron chi connectivity index (χ2n) is 28.1. The van der Waals surface area contributed by atoms with Gasteiger partial charge in [0.05, 0.1) is 36.5 Å². The first-order chi connectivity index (χ1) is 50.9. The molecule has 104 heavy (non-hydrogen) atoms. The summed E-state index contributed by atoms with van der Waals surface area (Å²) in [6.07, 6.45) is 29.1. The SMILES string of the molecule is Cc1noc(C)c1-c1ccc2nc(-c3ccc(N4CCN(C(=O)CCCCCCCCCCCNc5ccc6c(c5)C(=O)N(C5CCC(=O)NC5=O)C6=O)CC4)cc3)c(NC3CCCCC3)n2c1.O=C(O)CCCCCCCCCCCNc1ccc2c(c1)C(=O)N(C1CCC(=O)NC1=O)C2=O.[2H]CF. The zero-order valence-electron chi connectivity index (χ0n) is 61.1. The summed E-state index contributed by atoms with van der Waals surface area (Å²) in [6, 6.07) is 21.6. The van der Waals surface area contributed by atoms with E-state index in [1.165, 1.54) is 57.1 Å². The van der Waals surface area contributed by atoms with E-state index in [4.69, 9.17) is 16.0 Å². The molecule has 3 saturated heterocycles. The van der Waals surface area contributed by atoms with Crippen molar-refractivity contribution < 1.29 is 63.3 Å². The highest BCUT2D eigenvalue weighted by atomic mass is 19.1. The van der Waals surface area contributed by atoms with Crippen LogP contribution in [-0.4, -0.2) is 158 Å². The van der Waals surface area contributed by atoms with Gasteiger partial charge >= 0.3 is 5.97 Å². The molecule has 9 amide bonds. The maximum atomic E-state index is 13.2. The Hall–Kier alpha value is -9.81. The number of piperidine rings is 2. The number of hydrogen-bond acceptors (Lipinski definition) is 17. The number of anilines is 4. The van der Waals surface area contributed by atoms with Gasteiger partial charge in [-0.3, -0.25) is 77.2 Å². The van der Waals surface area contributed by atoms with Crippen LogP contribution in [0, 0.1) is 13.8 Å². The lowest BCUT2D eigenvalue weighted by Gasteiger charge is -2.36. The minimum absolute atomic E-state index is 0.0964. The lowest BCUT2D eigenvalue weighted by Crippen LogP contribution is -2.54. The second kappa shape index (κ2) is 37.6. The molecule has 0 spiro atoms. The van der Waals surface area contributed by atoms with E-state index in [0.29, 0.717) is 12.5 Å². The number of carbonyl (C=O) groups excluding carboxylic acids is 9. The normalized spacial score (nSPS) is 17.6.